The number of amides is 2. The summed E-state index contributed by atoms with van der Waals surface area (Å²) in [6.45, 7) is 1.27. The van der Waals surface area contributed by atoms with E-state index in [1.807, 2.05) is 0 Å². The van der Waals surface area contributed by atoms with Gasteiger partial charge in [-0.1, -0.05) is 12.1 Å². The van der Waals surface area contributed by atoms with Crippen molar-refractivity contribution in [3.63, 3.8) is 0 Å². The monoisotopic (exact) mass is 455 g/mol. The van der Waals surface area contributed by atoms with Crippen molar-refractivity contribution in [1.82, 2.24) is 15.5 Å². The third-order valence-corrected chi connectivity index (χ3v) is 5.71. The molecule has 2 amide bonds. The van der Waals surface area contributed by atoms with Crippen LogP contribution in [0.2, 0.25) is 0 Å². The first-order chi connectivity index (χ1) is 15.4. The highest BCUT2D eigenvalue weighted by atomic mass is 19.2. The molecule has 0 spiro atoms. The Morgan fingerprint density at radius 3 is 2.44 bits per heavy atom. The first-order valence-corrected chi connectivity index (χ1v) is 10.8. The van der Waals surface area contributed by atoms with Crippen molar-refractivity contribution in [1.29, 1.82) is 0 Å². The highest BCUT2D eigenvalue weighted by Crippen LogP contribution is 2.35. The second-order valence-corrected chi connectivity index (χ2v) is 8.10. The number of hydrogen-bond acceptors (Lipinski definition) is 5. The number of halogens is 2. The normalized spacial score (nSPS) is 20.2. The lowest BCUT2D eigenvalue weighted by Gasteiger charge is -2.30. The van der Waals surface area contributed by atoms with Crippen LogP contribution in [0.1, 0.15) is 37.7 Å². The van der Waals surface area contributed by atoms with Gasteiger partial charge in [-0.25, -0.2) is 8.78 Å². The van der Waals surface area contributed by atoms with Gasteiger partial charge < -0.3 is 20.8 Å². The molecular formula is C22H31F2N3O5. The van der Waals surface area contributed by atoms with E-state index in [4.69, 9.17) is 15.0 Å². The van der Waals surface area contributed by atoms with Crippen LogP contribution in [0.4, 0.5) is 8.78 Å². The number of aliphatic hydroxyl groups is 1. The lowest BCUT2D eigenvalue weighted by molar-refractivity contribution is -0.123. The quantitative estimate of drug-likeness (QED) is 0.392. The Hall–Kier alpha value is -2.59. The topological polar surface area (TPSA) is 119 Å². The minimum absolute atomic E-state index is 0.0437. The van der Waals surface area contributed by atoms with Gasteiger partial charge in [-0.2, -0.15) is 0 Å². The van der Waals surface area contributed by atoms with Crippen molar-refractivity contribution in [3.8, 4) is 0 Å². The summed E-state index contributed by atoms with van der Waals surface area (Å²) in [4.78, 5) is 35.0. The standard InChI is InChI=1S/C21H29F2N3O3.CH2O2/c22-18-3-1-2-15(21(18)23)10-19(28)25-12-17-7-6-16(11-20(29)24-8-9-27)26(17)13-14-4-5-14;2-1-3/h1-3,14,16-17,27H,4-13H2,(H,24,29)(H,25,28);1H,(H,2,3)/t16-,17+;/m1./s1. The van der Waals surface area contributed by atoms with E-state index >= 15 is 0 Å². The van der Waals surface area contributed by atoms with E-state index in [0.717, 1.165) is 25.5 Å². The first kappa shape index (κ1) is 25.7. The molecule has 10 heteroatoms. The third-order valence-electron chi connectivity index (χ3n) is 5.71. The van der Waals surface area contributed by atoms with Gasteiger partial charge in [0.1, 0.15) is 0 Å². The van der Waals surface area contributed by atoms with E-state index < -0.39 is 11.6 Å². The number of likely N-dealkylation sites (tertiary alicyclic amines) is 1. The Labute approximate surface area is 186 Å². The molecule has 178 valence electrons. The first-order valence-electron chi connectivity index (χ1n) is 10.8. The number of nitrogens with zero attached hydrogens (tertiary/aromatic N) is 1. The van der Waals surface area contributed by atoms with Crippen LogP contribution in [0.5, 0.6) is 0 Å². The minimum Gasteiger partial charge on any atom is -0.483 e. The van der Waals surface area contributed by atoms with Gasteiger partial charge in [0.25, 0.3) is 6.47 Å². The molecule has 0 bridgehead atoms. The maximum atomic E-state index is 13.8. The molecule has 2 fully saturated rings. The fourth-order valence-electron chi connectivity index (χ4n) is 3.98. The number of rotatable bonds is 10. The molecule has 0 unspecified atom stereocenters. The zero-order valence-electron chi connectivity index (χ0n) is 17.9. The molecule has 32 heavy (non-hydrogen) atoms. The number of aliphatic hydroxyl groups excluding tert-OH is 1. The van der Waals surface area contributed by atoms with E-state index in [9.17, 15) is 18.4 Å². The van der Waals surface area contributed by atoms with Crippen molar-refractivity contribution in [3.05, 3.63) is 35.4 Å². The van der Waals surface area contributed by atoms with Gasteiger partial charge in [0, 0.05) is 43.7 Å². The smallest absolute Gasteiger partial charge is 0.290 e. The molecule has 1 saturated heterocycles. The Morgan fingerprint density at radius 1 is 1.09 bits per heavy atom. The Morgan fingerprint density at radius 2 is 1.78 bits per heavy atom. The lowest BCUT2D eigenvalue weighted by Crippen LogP contribution is -2.46. The summed E-state index contributed by atoms with van der Waals surface area (Å²) in [7, 11) is 0. The number of carboxylic acid groups (broad SMARTS) is 1. The van der Waals surface area contributed by atoms with E-state index in [0.29, 0.717) is 18.9 Å². The Kier molecular flexibility index (Phi) is 10.5. The second kappa shape index (κ2) is 13.1. The van der Waals surface area contributed by atoms with E-state index in [1.54, 1.807) is 0 Å². The maximum Gasteiger partial charge on any atom is 0.290 e. The molecule has 2 atom stereocenters. The molecule has 4 N–H and O–H groups in total. The summed E-state index contributed by atoms with van der Waals surface area (Å²) in [5, 5.41) is 21.3. The minimum atomic E-state index is -0.979. The molecule has 3 rings (SSSR count). The van der Waals surface area contributed by atoms with Gasteiger partial charge in [0.15, 0.2) is 11.6 Å². The van der Waals surface area contributed by atoms with Crippen LogP contribution in [0, 0.1) is 17.6 Å². The molecule has 1 heterocycles. The third kappa shape index (κ3) is 8.16. The second-order valence-electron chi connectivity index (χ2n) is 8.10. The van der Waals surface area contributed by atoms with E-state index in [-0.39, 0.29) is 55.5 Å². The van der Waals surface area contributed by atoms with Crippen molar-refractivity contribution in [2.45, 2.75) is 50.6 Å². The van der Waals surface area contributed by atoms with Crippen LogP contribution in [-0.2, 0) is 20.8 Å². The van der Waals surface area contributed by atoms with Crippen LogP contribution in [0.3, 0.4) is 0 Å². The summed E-state index contributed by atoms with van der Waals surface area (Å²) < 4.78 is 27.1. The molecule has 8 nitrogen and oxygen atoms in total. The van der Waals surface area contributed by atoms with Crippen molar-refractivity contribution >= 4 is 18.3 Å². The maximum absolute atomic E-state index is 13.8. The molecule has 0 aromatic heterocycles. The summed E-state index contributed by atoms with van der Waals surface area (Å²) >= 11 is 0. The fourth-order valence-corrected chi connectivity index (χ4v) is 3.98. The zero-order chi connectivity index (χ0) is 23.5. The Balaban J connectivity index is 0.00000114. The largest absolute Gasteiger partial charge is 0.483 e. The molecule has 0 radical (unpaired) electrons. The molecule has 1 aromatic rings. The van der Waals surface area contributed by atoms with E-state index in [2.05, 4.69) is 15.5 Å². The fraction of sp³-hybridized carbons (Fsp3) is 0.591. The van der Waals surface area contributed by atoms with Gasteiger partial charge in [0.05, 0.1) is 13.0 Å². The highest BCUT2D eigenvalue weighted by molar-refractivity contribution is 5.78. The summed E-state index contributed by atoms with van der Waals surface area (Å²) in [6, 6.07) is 4.09. The average molecular weight is 456 g/mol. The molecular weight excluding hydrogens is 424 g/mol. The van der Waals surface area contributed by atoms with Crippen LogP contribution in [-0.4, -0.2) is 71.7 Å². The highest BCUT2D eigenvalue weighted by Gasteiger charge is 2.37. The van der Waals surface area contributed by atoms with Crippen LogP contribution >= 0.6 is 0 Å². The molecule has 2 aliphatic rings. The van der Waals surface area contributed by atoms with Crippen LogP contribution < -0.4 is 10.6 Å². The van der Waals surface area contributed by atoms with Crippen LogP contribution in [0.15, 0.2) is 18.2 Å². The molecule has 1 aromatic carbocycles. The molecule has 1 aliphatic heterocycles. The number of carbonyl (C=O) groups is 3. The van der Waals surface area contributed by atoms with E-state index in [1.165, 1.54) is 25.0 Å². The van der Waals surface area contributed by atoms with Gasteiger partial charge in [0.2, 0.25) is 11.8 Å². The van der Waals surface area contributed by atoms with Crippen LogP contribution in [0.25, 0.3) is 0 Å². The summed E-state index contributed by atoms with van der Waals surface area (Å²) in [5.74, 6) is -1.70. The van der Waals surface area contributed by atoms with Gasteiger partial charge in [-0.3, -0.25) is 19.3 Å². The predicted octanol–water partition coefficient (Wildman–Crippen LogP) is 1.07. The van der Waals surface area contributed by atoms with Crippen molar-refractivity contribution in [2.75, 3.05) is 26.2 Å². The molecule has 1 saturated carbocycles. The van der Waals surface area contributed by atoms with Gasteiger partial charge in [-0.15, -0.1) is 0 Å². The summed E-state index contributed by atoms with van der Waals surface area (Å²) in [6.07, 6.45) is 4.31. The average Bonchev–Trinajstić information content (AvgIpc) is 3.51. The zero-order valence-corrected chi connectivity index (χ0v) is 17.9. The number of benzene rings is 1. The van der Waals surface area contributed by atoms with Gasteiger partial charge in [-0.05, 0) is 37.7 Å². The van der Waals surface area contributed by atoms with Crippen molar-refractivity contribution in [2.24, 2.45) is 5.92 Å². The number of carbonyl (C=O) groups excluding carboxylic acids is 2. The molecule has 1 aliphatic carbocycles. The Bertz CT molecular complexity index is 776. The number of hydrogen-bond donors (Lipinski definition) is 4. The lowest BCUT2D eigenvalue weighted by atomic mass is 10.1. The van der Waals surface area contributed by atoms with Gasteiger partial charge >= 0.3 is 0 Å². The number of nitrogens with one attached hydrogen (secondary N) is 2. The SMILES string of the molecule is O=C(Cc1cccc(F)c1F)NC[C@@H]1CC[C@H](CC(=O)NCCO)N1CC1CC1.O=CO. The van der Waals surface area contributed by atoms with Crippen molar-refractivity contribution < 1.29 is 33.4 Å². The summed E-state index contributed by atoms with van der Waals surface area (Å²) in [5.41, 5.74) is 0.0437. The predicted molar refractivity (Wildman–Crippen MR) is 113 cm³/mol.